The van der Waals surface area contributed by atoms with Crippen molar-refractivity contribution >= 4 is 17.5 Å². The van der Waals surface area contributed by atoms with Crippen molar-refractivity contribution in [1.29, 1.82) is 0 Å². The van der Waals surface area contributed by atoms with Crippen LogP contribution in [0.1, 0.15) is 40.7 Å². The summed E-state index contributed by atoms with van der Waals surface area (Å²) in [7, 11) is 0. The number of rotatable bonds is 3. The number of hydrogen-bond donors (Lipinski definition) is 1. The highest BCUT2D eigenvalue weighted by Crippen LogP contribution is 2.27. The number of pyridine rings is 1. The molecule has 5 heteroatoms. The molecule has 1 atom stereocenters. The Morgan fingerprint density at radius 1 is 1.07 bits per heavy atom. The standard InChI is InChI=1S/C22H23N3O2/c26-21(17-8-11-23-12-9-17)24-20-7-6-16-10-13-25(15-19(16)14-20)22(27)18-4-2-1-3-5-18/h1-2,6-9,11-12,14,18H,3-5,10,13,15H2,(H,24,26)/t18-/m1/s1. The molecule has 0 radical (unpaired) electrons. The Morgan fingerprint density at radius 2 is 1.93 bits per heavy atom. The number of benzene rings is 1. The number of amides is 2. The second-order valence-corrected chi connectivity index (χ2v) is 7.16. The van der Waals surface area contributed by atoms with Gasteiger partial charge in [0.2, 0.25) is 5.91 Å². The predicted molar refractivity (Wildman–Crippen MR) is 104 cm³/mol. The maximum Gasteiger partial charge on any atom is 0.255 e. The zero-order valence-corrected chi connectivity index (χ0v) is 15.2. The Kier molecular flexibility index (Phi) is 5.01. The van der Waals surface area contributed by atoms with E-state index in [1.165, 1.54) is 5.56 Å². The van der Waals surface area contributed by atoms with Crippen molar-refractivity contribution in [3.8, 4) is 0 Å². The molecule has 2 heterocycles. The Bertz CT molecular complexity index is 876. The van der Waals surface area contributed by atoms with Crippen LogP contribution in [0.2, 0.25) is 0 Å². The van der Waals surface area contributed by atoms with E-state index < -0.39 is 0 Å². The van der Waals surface area contributed by atoms with E-state index in [0.29, 0.717) is 12.1 Å². The smallest absolute Gasteiger partial charge is 0.255 e. The number of anilines is 1. The quantitative estimate of drug-likeness (QED) is 0.850. The fraction of sp³-hybridized carbons (Fsp3) is 0.318. The Labute approximate surface area is 159 Å². The lowest BCUT2D eigenvalue weighted by molar-refractivity contribution is -0.136. The van der Waals surface area contributed by atoms with Gasteiger partial charge in [-0.15, -0.1) is 0 Å². The lowest BCUT2D eigenvalue weighted by Gasteiger charge is -2.32. The highest BCUT2D eigenvalue weighted by Gasteiger charge is 2.27. The zero-order valence-electron chi connectivity index (χ0n) is 15.2. The number of fused-ring (bicyclic) bond motifs is 1. The van der Waals surface area contributed by atoms with Crippen LogP contribution in [0.15, 0.2) is 54.9 Å². The maximum atomic E-state index is 12.8. The molecule has 4 rings (SSSR count). The second kappa shape index (κ2) is 7.74. The van der Waals surface area contributed by atoms with Crippen molar-refractivity contribution in [2.24, 2.45) is 5.92 Å². The van der Waals surface area contributed by atoms with Crippen LogP contribution in [0.25, 0.3) is 0 Å². The number of hydrogen-bond acceptors (Lipinski definition) is 3. The van der Waals surface area contributed by atoms with E-state index in [2.05, 4.69) is 28.5 Å². The van der Waals surface area contributed by atoms with Crippen LogP contribution in [0.5, 0.6) is 0 Å². The Morgan fingerprint density at radius 3 is 2.70 bits per heavy atom. The van der Waals surface area contributed by atoms with Gasteiger partial charge in [-0.1, -0.05) is 18.2 Å². The summed E-state index contributed by atoms with van der Waals surface area (Å²) in [6.07, 6.45) is 11.1. The Balaban J connectivity index is 1.46. The van der Waals surface area contributed by atoms with Gasteiger partial charge in [-0.05, 0) is 61.1 Å². The van der Waals surface area contributed by atoms with Crippen molar-refractivity contribution in [3.05, 3.63) is 71.6 Å². The number of aromatic nitrogens is 1. The van der Waals surface area contributed by atoms with Gasteiger partial charge in [0.05, 0.1) is 0 Å². The van der Waals surface area contributed by atoms with Crippen molar-refractivity contribution in [1.82, 2.24) is 9.88 Å². The minimum atomic E-state index is -0.157. The SMILES string of the molecule is O=C(Nc1ccc2c(c1)CN(C(=O)[C@@H]1CC=CCC1)CC2)c1ccncc1. The van der Waals surface area contributed by atoms with Crippen molar-refractivity contribution < 1.29 is 9.59 Å². The minimum absolute atomic E-state index is 0.117. The molecule has 2 aliphatic rings. The molecule has 0 spiro atoms. The van der Waals surface area contributed by atoms with E-state index in [4.69, 9.17) is 0 Å². The van der Waals surface area contributed by atoms with Gasteiger partial charge in [-0.2, -0.15) is 0 Å². The summed E-state index contributed by atoms with van der Waals surface area (Å²) in [6, 6.07) is 9.36. The van der Waals surface area contributed by atoms with E-state index in [-0.39, 0.29) is 17.7 Å². The summed E-state index contributed by atoms with van der Waals surface area (Å²) >= 11 is 0. The number of nitrogens with zero attached hydrogens (tertiary/aromatic N) is 2. The number of carbonyl (C=O) groups excluding carboxylic acids is 2. The molecule has 2 aromatic rings. The molecule has 0 fully saturated rings. The van der Waals surface area contributed by atoms with Crippen molar-refractivity contribution in [2.45, 2.75) is 32.2 Å². The fourth-order valence-corrected chi connectivity index (χ4v) is 3.81. The van der Waals surface area contributed by atoms with Crippen LogP contribution in [0.4, 0.5) is 5.69 Å². The molecule has 0 unspecified atom stereocenters. The topological polar surface area (TPSA) is 62.3 Å². The van der Waals surface area contributed by atoms with E-state index in [1.807, 2.05) is 17.0 Å². The molecule has 1 aromatic carbocycles. The lowest BCUT2D eigenvalue weighted by Crippen LogP contribution is -2.40. The molecule has 1 aliphatic carbocycles. The summed E-state index contributed by atoms with van der Waals surface area (Å²) in [5.74, 6) is 0.220. The van der Waals surface area contributed by atoms with Crippen molar-refractivity contribution in [3.63, 3.8) is 0 Å². The van der Waals surface area contributed by atoms with Gasteiger partial charge in [0.25, 0.3) is 5.91 Å². The van der Waals surface area contributed by atoms with E-state index >= 15 is 0 Å². The zero-order chi connectivity index (χ0) is 18.6. The number of carbonyl (C=O) groups is 2. The van der Waals surface area contributed by atoms with Crippen LogP contribution in [-0.4, -0.2) is 28.2 Å². The summed E-state index contributed by atoms with van der Waals surface area (Å²) in [4.78, 5) is 31.1. The normalized spacial score (nSPS) is 18.7. The third-order valence-electron chi connectivity index (χ3n) is 5.35. The average Bonchev–Trinajstić information content (AvgIpc) is 2.74. The molecule has 138 valence electrons. The van der Waals surface area contributed by atoms with E-state index in [0.717, 1.165) is 43.5 Å². The molecule has 1 aliphatic heterocycles. The van der Waals surface area contributed by atoms with Gasteiger partial charge >= 0.3 is 0 Å². The molecular formula is C22H23N3O2. The molecule has 0 bridgehead atoms. The van der Waals surface area contributed by atoms with E-state index in [9.17, 15) is 9.59 Å². The third kappa shape index (κ3) is 3.92. The lowest BCUT2D eigenvalue weighted by atomic mass is 9.91. The summed E-state index contributed by atoms with van der Waals surface area (Å²) in [5, 5.41) is 2.94. The second-order valence-electron chi connectivity index (χ2n) is 7.16. The van der Waals surface area contributed by atoms with Crippen LogP contribution in [0.3, 0.4) is 0 Å². The maximum absolute atomic E-state index is 12.8. The first-order chi connectivity index (χ1) is 13.2. The van der Waals surface area contributed by atoms with Gasteiger partial charge in [0, 0.05) is 42.7 Å². The van der Waals surface area contributed by atoms with Crippen molar-refractivity contribution in [2.75, 3.05) is 11.9 Å². The van der Waals surface area contributed by atoms with Gasteiger partial charge in [-0.25, -0.2) is 0 Å². The molecule has 27 heavy (non-hydrogen) atoms. The molecule has 1 aromatic heterocycles. The summed E-state index contributed by atoms with van der Waals surface area (Å²) < 4.78 is 0. The average molecular weight is 361 g/mol. The Hall–Kier alpha value is -2.95. The van der Waals surface area contributed by atoms with Crippen LogP contribution in [0, 0.1) is 5.92 Å². The fourth-order valence-electron chi connectivity index (χ4n) is 3.81. The monoisotopic (exact) mass is 361 g/mol. The van der Waals surface area contributed by atoms with Gasteiger partial charge in [0.15, 0.2) is 0 Å². The number of nitrogens with one attached hydrogen (secondary N) is 1. The first kappa shape index (κ1) is 17.5. The largest absolute Gasteiger partial charge is 0.338 e. The van der Waals surface area contributed by atoms with Crippen LogP contribution in [-0.2, 0) is 17.8 Å². The molecule has 0 saturated heterocycles. The highest BCUT2D eigenvalue weighted by molar-refractivity contribution is 6.04. The van der Waals surface area contributed by atoms with Gasteiger partial charge < -0.3 is 10.2 Å². The van der Waals surface area contributed by atoms with E-state index in [1.54, 1.807) is 24.5 Å². The summed E-state index contributed by atoms with van der Waals surface area (Å²) in [6.45, 7) is 1.39. The van der Waals surface area contributed by atoms with Gasteiger partial charge in [0.1, 0.15) is 0 Å². The molecule has 1 N–H and O–H groups in total. The summed E-state index contributed by atoms with van der Waals surface area (Å²) in [5.41, 5.74) is 3.70. The highest BCUT2D eigenvalue weighted by atomic mass is 16.2. The molecule has 2 amide bonds. The van der Waals surface area contributed by atoms with Crippen LogP contribution < -0.4 is 5.32 Å². The molecule has 5 nitrogen and oxygen atoms in total. The molecular weight excluding hydrogens is 338 g/mol. The minimum Gasteiger partial charge on any atom is -0.338 e. The molecule has 0 saturated carbocycles. The predicted octanol–water partition coefficient (Wildman–Crippen LogP) is 3.57. The number of allylic oxidation sites excluding steroid dienone is 2. The van der Waals surface area contributed by atoms with Gasteiger partial charge in [-0.3, -0.25) is 14.6 Å². The first-order valence-corrected chi connectivity index (χ1v) is 9.47. The first-order valence-electron chi connectivity index (χ1n) is 9.47. The van der Waals surface area contributed by atoms with Crippen LogP contribution >= 0.6 is 0 Å². The third-order valence-corrected chi connectivity index (χ3v) is 5.35.